The lowest BCUT2D eigenvalue weighted by atomic mass is 10.2. The molecule has 0 bridgehead atoms. The summed E-state index contributed by atoms with van der Waals surface area (Å²) in [6.07, 6.45) is 4.33. The third kappa shape index (κ3) is 29.5. The van der Waals surface area contributed by atoms with Crippen molar-refractivity contribution in [3.05, 3.63) is 0 Å². The molecular weight excluding hydrogens is 610 g/mol. The van der Waals surface area contributed by atoms with Crippen LogP contribution in [0.15, 0.2) is 0 Å². The molecule has 1 N–H and O–H groups in total. The number of hydrogen-bond acceptors (Lipinski definition) is 13. The SMILES string of the molecule is CCOCCO.CCOCCOC(=O)CCCC[Si](OCC)(OCC)OCC.CCO[Si](CCCOC#N)(OCC)OCC. The summed E-state index contributed by atoms with van der Waals surface area (Å²) >= 11 is 0. The van der Waals surface area contributed by atoms with Gasteiger partial charge < -0.3 is 50.6 Å². The maximum Gasteiger partial charge on any atom is 0.501 e. The molecule has 0 aliphatic carbocycles. The minimum absolute atomic E-state index is 0.133. The van der Waals surface area contributed by atoms with Crippen LogP contribution in [0, 0.1) is 11.5 Å². The molecule has 44 heavy (non-hydrogen) atoms. The fourth-order valence-corrected chi connectivity index (χ4v) is 8.92. The Labute approximate surface area is 269 Å². The van der Waals surface area contributed by atoms with Gasteiger partial charge in [-0.15, -0.1) is 0 Å². The minimum Gasteiger partial charge on any atom is -0.463 e. The number of rotatable bonds is 28. The molecule has 0 rings (SSSR count). The Bertz CT molecular complexity index is 606. The summed E-state index contributed by atoms with van der Waals surface area (Å²) < 4.78 is 53.8. The smallest absolute Gasteiger partial charge is 0.463 e. The molecule has 0 aromatic rings. The third-order valence-corrected chi connectivity index (χ3v) is 11.5. The Kier molecular flexibility index (Phi) is 39.0. The first-order valence-corrected chi connectivity index (χ1v) is 19.9. The second-order valence-corrected chi connectivity index (χ2v) is 14.0. The Morgan fingerprint density at radius 3 is 1.39 bits per heavy atom. The van der Waals surface area contributed by atoms with Gasteiger partial charge in [0.05, 0.1) is 19.8 Å². The summed E-state index contributed by atoms with van der Waals surface area (Å²) in [4.78, 5) is 11.5. The van der Waals surface area contributed by atoms with Crippen LogP contribution in [0.3, 0.4) is 0 Å². The van der Waals surface area contributed by atoms with Gasteiger partial charge >= 0.3 is 23.6 Å². The largest absolute Gasteiger partial charge is 0.501 e. The quantitative estimate of drug-likeness (QED) is 0.0528. The van der Waals surface area contributed by atoms with E-state index in [2.05, 4.69) is 4.74 Å². The predicted octanol–water partition coefficient (Wildman–Crippen LogP) is 4.72. The van der Waals surface area contributed by atoms with E-state index in [-0.39, 0.29) is 12.6 Å². The van der Waals surface area contributed by atoms with E-state index in [4.69, 9.17) is 51.1 Å². The molecule has 0 spiro atoms. The fraction of sp³-hybridized carbons (Fsp3) is 0.931. The molecule has 15 heteroatoms. The summed E-state index contributed by atoms with van der Waals surface area (Å²) in [6, 6.07) is 1.42. The van der Waals surface area contributed by atoms with Crippen LogP contribution in [0.1, 0.15) is 81.1 Å². The molecule has 0 aromatic heterocycles. The van der Waals surface area contributed by atoms with E-state index in [9.17, 15) is 4.79 Å². The first-order valence-electron chi connectivity index (χ1n) is 16.1. The number of hydrogen-bond donors (Lipinski definition) is 1. The number of carbonyl (C=O) groups is 1. The number of esters is 1. The van der Waals surface area contributed by atoms with Crippen molar-refractivity contribution >= 4 is 23.6 Å². The first kappa shape index (κ1) is 47.2. The van der Waals surface area contributed by atoms with E-state index in [1.54, 1.807) is 6.26 Å². The molecule has 0 aromatic carbocycles. The second-order valence-electron chi connectivity index (χ2n) is 8.55. The molecule has 0 fully saturated rings. The monoisotopic (exact) mass is 673 g/mol. The molecule has 0 radical (unpaired) electrons. The lowest BCUT2D eigenvalue weighted by Crippen LogP contribution is -2.46. The highest BCUT2D eigenvalue weighted by Crippen LogP contribution is 2.20. The van der Waals surface area contributed by atoms with Crippen molar-refractivity contribution in [2.45, 2.75) is 93.2 Å². The summed E-state index contributed by atoms with van der Waals surface area (Å²) in [5.41, 5.74) is 0. The van der Waals surface area contributed by atoms with Crippen molar-refractivity contribution in [1.82, 2.24) is 0 Å². The van der Waals surface area contributed by atoms with Crippen LogP contribution in [0.5, 0.6) is 0 Å². The maximum atomic E-state index is 11.5. The van der Waals surface area contributed by atoms with E-state index in [0.29, 0.717) is 98.2 Å². The molecule has 0 unspecified atom stereocenters. The predicted molar refractivity (Wildman–Crippen MR) is 172 cm³/mol. The molecule has 0 aliphatic rings. The molecule has 0 aliphatic heterocycles. The van der Waals surface area contributed by atoms with Crippen molar-refractivity contribution in [2.75, 3.05) is 85.9 Å². The van der Waals surface area contributed by atoms with Crippen LogP contribution in [-0.2, 0) is 50.3 Å². The van der Waals surface area contributed by atoms with E-state index in [0.717, 1.165) is 18.9 Å². The van der Waals surface area contributed by atoms with Crippen LogP contribution in [0.4, 0.5) is 0 Å². The molecular formula is C29H63NO12Si2. The fourth-order valence-electron chi connectivity index (χ4n) is 3.66. The lowest BCUT2D eigenvalue weighted by molar-refractivity contribution is -0.145. The Hall–Kier alpha value is -1.17. The number of aliphatic hydroxyl groups is 1. The molecule has 264 valence electrons. The summed E-state index contributed by atoms with van der Waals surface area (Å²) in [7, 11) is -5.11. The summed E-state index contributed by atoms with van der Waals surface area (Å²) in [5.74, 6) is -0.184. The minimum atomic E-state index is -2.58. The number of carbonyl (C=O) groups excluding carboxylic acids is 1. The van der Waals surface area contributed by atoms with Crippen LogP contribution in [0.25, 0.3) is 0 Å². The van der Waals surface area contributed by atoms with Gasteiger partial charge in [-0.05, 0) is 74.7 Å². The number of ether oxygens (including phenoxy) is 4. The molecule has 0 saturated carbocycles. The van der Waals surface area contributed by atoms with Gasteiger partial charge in [0.15, 0.2) is 0 Å². The Morgan fingerprint density at radius 1 is 0.591 bits per heavy atom. The van der Waals surface area contributed by atoms with Crippen molar-refractivity contribution < 1.29 is 55.4 Å². The molecule has 0 saturated heterocycles. The lowest BCUT2D eigenvalue weighted by Gasteiger charge is -2.28. The summed E-state index contributed by atoms with van der Waals surface area (Å²) in [5, 5.41) is 16.3. The number of aliphatic hydroxyl groups excluding tert-OH is 1. The van der Waals surface area contributed by atoms with Gasteiger partial charge in [-0.1, -0.05) is 0 Å². The van der Waals surface area contributed by atoms with Crippen molar-refractivity contribution in [3.8, 4) is 6.26 Å². The number of unbranched alkanes of at least 4 members (excludes halogenated alkanes) is 1. The van der Waals surface area contributed by atoms with Crippen LogP contribution in [0.2, 0.25) is 12.1 Å². The van der Waals surface area contributed by atoms with E-state index in [1.165, 1.54) is 0 Å². The van der Waals surface area contributed by atoms with Gasteiger partial charge in [0.2, 0.25) is 0 Å². The molecule has 0 amide bonds. The van der Waals surface area contributed by atoms with Crippen molar-refractivity contribution in [1.29, 1.82) is 5.26 Å². The average Bonchev–Trinajstić information content (AvgIpc) is 3.00. The highest BCUT2D eigenvalue weighted by atomic mass is 28.4. The normalized spacial score (nSPS) is 11.1. The zero-order valence-corrected chi connectivity index (χ0v) is 30.8. The summed E-state index contributed by atoms with van der Waals surface area (Å²) in [6.45, 7) is 21.9. The van der Waals surface area contributed by atoms with E-state index in [1.807, 2.05) is 55.4 Å². The number of nitriles is 1. The van der Waals surface area contributed by atoms with E-state index < -0.39 is 17.6 Å². The van der Waals surface area contributed by atoms with Crippen LogP contribution < -0.4 is 0 Å². The Balaban J connectivity index is -0.000000665. The zero-order chi connectivity index (χ0) is 33.8. The molecule has 13 nitrogen and oxygen atoms in total. The molecule has 0 atom stereocenters. The third-order valence-electron chi connectivity index (χ3n) is 5.23. The van der Waals surface area contributed by atoms with Gasteiger partial charge in [-0.25, -0.2) is 0 Å². The topological polar surface area (TPSA) is 153 Å². The maximum absolute atomic E-state index is 11.5. The first-order chi connectivity index (χ1) is 21.3. The van der Waals surface area contributed by atoms with Gasteiger partial charge in [0.1, 0.15) is 13.2 Å². The van der Waals surface area contributed by atoms with Crippen molar-refractivity contribution in [3.63, 3.8) is 0 Å². The zero-order valence-electron chi connectivity index (χ0n) is 28.8. The van der Waals surface area contributed by atoms with Crippen LogP contribution >= 0.6 is 0 Å². The number of nitrogens with zero attached hydrogens (tertiary/aromatic N) is 1. The van der Waals surface area contributed by atoms with Gasteiger partial charge in [0, 0.05) is 71.4 Å². The highest BCUT2D eigenvalue weighted by Gasteiger charge is 2.40. The standard InChI is InChI=1S/C15H32O6Si.C10H21NO4Si.C4H10O2/c1-5-17-12-13-18-15(16)11-9-10-14-22(19-6-2,20-7-3)21-8-4;1-4-13-16(14-5-2,15-6-3)9-7-8-12-10-11;1-2-6-4-3-5/h5-14H2,1-4H3;4-9H2,1-3H3;5H,2-4H2,1H3. The molecule has 0 heterocycles. The van der Waals surface area contributed by atoms with Gasteiger partial charge in [0.25, 0.3) is 6.26 Å². The van der Waals surface area contributed by atoms with E-state index >= 15 is 0 Å². The van der Waals surface area contributed by atoms with Gasteiger partial charge in [-0.2, -0.15) is 5.26 Å². The van der Waals surface area contributed by atoms with Crippen LogP contribution in [-0.4, -0.2) is 115 Å². The highest BCUT2D eigenvalue weighted by molar-refractivity contribution is 6.61. The average molecular weight is 674 g/mol. The second kappa shape index (κ2) is 36.3. The Morgan fingerprint density at radius 2 is 1.02 bits per heavy atom. The van der Waals surface area contributed by atoms with Gasteiger partial charge in [-0.3, -0.25) is 4.79 Å². The van der Waals surface area contributed by atoms with Crippen molar-refractivity contribution in [2.24, 2.45) is 0 Å².